The van der Waals surface area contributed by atoms with E-state index in [1.54, 1.807) is 0 Å². The highest BCUT2D eigenvalue weighted by Crippen LogP contribution is 1.92. The van der Waals surface area contributed by atoms with Crippen LogP contribution in [0, 0.1) is 0 Å². The Morgan fingerprint density at radius 2 is 2.00 bits per heavy atom. The van der Waals surface area contributed by atoms with Crippen LogP contribution in [0.2, 0.25) is 0 Å². The fraction of sp³-hybridized carbons (Fsp3) is 0.667. The molecule has 0 aliphatic rings. The molecule has 0 radical (unpaired) electrons. The van der Waals surface area contributed by atoms with Crippen LogP contribution < -0.4 is 4.57 Å². The average Bonchev–Trinajstić information content (AvgIpc) is 2.30. The molecule has 0 saturated heterocycles. The quantitative estimate of drug-likeness (QED) is 0.445. The summed E-state index contributed by atoms with van der Waals surface area (Å²) in [6.45, 7) is 2.25. The number of quaternary nitrogens is 1. The second-order valence-electron chi connectivity index (χ2n) is 4.33. The summed E-state index contributed by atoms with van der Waals surface area (Å²) in [5, 5.41) is 0. The summed E-state index contributed by atoms with van der Waals surface area (Å²) in [6, 6.07) is 0. The lowest BCUT2D eigenvalue weighted by atomic mass is 10.5. The SMILES string of the molecule is C[n+]1ccn(CC[N+](C)(C)C)c1. The van der Waals surface area contributed by atoms with Crippen LogP contribution in [0.25, 0.3) is 0 Å². The van der Waals surface area contributed by atoms with E-state index in [9.17, 15) is 0 Å². The second kappa shape index (κ2) is 3.27. The lowest BCUT2D eigenvalue weighted by Crippen LogP contribution is -2.37. The molecular formula is C9H19N3+2. The van der Waals surface area contributed by atoms with Gasteiger partial charge >= 0.3 is 0 Å². The van der Waals surface area contributed by atoms with Crippen LogP contribution in [-0.4, -0.2) is 36.7 Å². The van der Waals surface area contributed by atoms with E-state index in [1.807, 2.05) is 7.05 Å². The second-order valence-corrected chi connectivity index (χ2v) is 4.33. The van der Waals surface area contributed by atoms with Gasteiger partial charge in [-0.25, -0.2) is 9.13 Å². The van der Waals surface area contributed by atoms with Gasteiger partial charge in [-0.2, -0.15) is 0 Å². The van der Waals surface area contributed by atoms with Gasteiger partial charge in [0.2, 0.25) is 6.33 Å². The lowest BCUT2D eigenvalue weighted by molar-refractivity contribution is -0.871. The largest absolute Gasteiger partial charge is 0.328 e. The topological polar surface area (TPSA) is 8.81 Å². The zero-order chi connectivity index (χ0) is 9.19. The van der Waals surface area contributed by atoms with Gasteiger partial charge in [0.05, 0.1) is 28.2 Å². The third kappa shape index (κ3) is 3.05. The molecule has 12 heavy (non-hydrogen) atoms. The number of likely N-dealkylation sites (N-methyl/N-ethyl adjacent to an activating group) is 1. The molecule has 3 nitrogen and oxygen atoms in total. The zero-order valence-corrected chi connectivity index (χ0v) is 8.49. The van der Waals surface area contributed by atoms with Crippen molar-refractivity contribution in [3.8, 4) is 0 Å². The van der Waals surface area contributed by atoms with Crippen LogP contribution >= 0.6 is 0 Å². The molecule has 1 heterocycles. The first-order chi connectivity index (χ1) is 5.47. The van der Waals surface area contributed by atoms with Crippen molar-refractivity contribution < 1.29 is 9.05 Å². The Morgan fingerprint density at radius 3 is 2.42 bits per heavy atom. The maximum absolute atomic E-state index is 2.21. The standard InChI is InChI=1S/C9H19N3/c1-10-5-6-11(9-10)7-8-12(2,3)4/h5-6,9H,7-8H2,1-4H3/q+2. The molecule has 0 N–H and O–H groups in total. The molecule has 0 bridgehead atoms. The Kier molecular flexibility index (Phi) is 2.52. The van der Waals surface area contributed by atoms with Gasteiger partial charge in [0.1, 0.15) is 25.5 Å². The van der Waals surface area contributed by atoms with Crippen molar-refractivity contribution in [2.45, 2.75) is 6.54 Å². The number of imidazole rings is 1. The Labute approximate surface area is 74.4 Å². The van der Waals surface area contributed by atoms with Gasteiger partial charge in [-0.1, -0.05) is 0 Å². The molecule has 1 aromatic rings. The van der Waals surface area contributed by atoms with E-state index in [4.69, 9.17) is 0 Å². The van der Waals surface area contributed by atoms with Crippen LogP contribution in [0.3, 0.4) is 0 Å². The van der Waals surface area contributed by atoms with Crippen LogP contribution in [0.5, 0.6) is 0 Å². The molecule has 68 valence electrons. The number of hydrogen-bond acceptors (Lipinski definition) is 0. The van der Waals surface area contributed by atoms with Gasteiger partial charge in [0.15, 0.2) is 0 Å². The highest BCUT2D eigenvalue weighted by atomic mass is 15.3. The van der Waals surface area contributed by atoms with Gasteiger partial charge in [-0.3, -0.25) is 0 Å². The number of aryl methyl sites for hydroxylation is 1. The van der Waals surface area contributed by atoms with E-state index >= 15 is 0 Å². The van der Waals surface area contributed by atoms with Crippen molar-refractivity contribution in [3.05, 3.63) is 18.7 Å². The predicted molar refractivity (Wildman–Crippen MR) is 48.5 cm³/mol. The molecule has 0 atom stereocenters. The lowest BCUT2D eigenvalue weighted by Gasteiger charge is -2.22. The summed E-state index contributed by atoms with van der Waals surface area (Å²) in [4.78, 5) is 0. The minimum atomic E-state index is 1.02. The molecule has 0 aromatic carbocycles. The molecule has 1 aromatic heterocycles. The van der Waals surface area contributed by atoms with Gasteiger partial charge in [-0.15, -0.1) is 0 Å². The summed E-state index contributed by atoms with van der Waals surface area (Å²) in [7, 11) is 8.68. The normalized spacial score (nSPS) is 12.0. The summed E-state index contributed by atoms with van der Waals surface area (Å²) < 4.78 is 5.29. The molecule has 3 heteroatoms. The summed E-state index contributed by atoms with van der Waals surface area (Å²) in [5.41, 5.74) is 0. The minimum Gasteiger partial charge on any atom is -0.328 e. The Bertz CT molecular complexity index is 245. The third-order valence-corrected chi connectivity index (χ3v) is 1.85. The van der Waals surface area contributed by atoms with Crippen LogP contribution in [0.15, 0.2) is 18.7 Å². The molecular weight excluding hydrogens is 150 g/mol. The average molecular weight is 169 g/mol. The zero-order valence-electron chi connectivity index (χ0n) is 8.49. The van der Waals surface area contributed by atoms with Crippen molar-refractivity contribution in [1.82, 2.24) is 4.57 Å². The van der Waals surface area contributed by atoms with E-state index in [2.05, 4.69) is 49.0 Å². The minimum absolute atomic E-state index is 1.02. The van der Waals surface area contributed by atoms with E-state index in [0.717, 1.165) is 17.6 Å². The molecule has 0 unspecified atom stereocenters. The van der Waals surface area contributed by atoms with Crippen molar-refractivity contribution in [2.75, 3.05) is 27.7 Å². The van der Waals surface area contributed by atoms with Crippen LogP contribution in [-0.2, 0) is 13.6 Å². The van der Waals surface area contributed by atoms with Crippen molar-refractivity contribution in [3.63, 3.8) is 0 Å². The first-order valence-corrected chi connectivity index (χ1v) is 4.29. The molecule has 1 rings (SSSR count). The fourth-order valence-corrected chi connectivity index (χ4v) is 1.05. The van der Waals surface area contributed by atoms with Crippen LogP contribution in [0.1, 0.15) is 0 Å². The smallest absolute Gasteiger partial charge is 0.243 e. The van der Waals surface area contributed by atoms with Crippen LogP contribution in [0.4, 0.5) is 0 Å². The first kappa shape index (κ1) is 9.26. The maximum atomic E-state index is 2.21. The van der Waals surface area contributed by atoms with Gasteiger partial charge in [-0.05, 0) is 0 Å². The van der Waals surface area contributed by atoms with Crippen molar-refractivity contribution in [2.24, 2.45) is 7.05 Å². The molecule has 0 saturated carbocycles. The fourth-order valence-electron chi connectivity index (χ4n) is 1.05. The molecule has 0 aliphatic carbocycles. The maximum Gasteiger partial charge on any atom is 0.243 e. The Balaban J connectivity index is 2.44. The summed E-state index contributed by atoms with van der Waals surface area (Å²) in [6.07, 6.45) is 6.28. The number of aromatic nitrogens is 2. The molecule has 0 spiro atoms. The summed E-state index contributed by atoms with van der Waals surface area (Å²) in [5.74, 6) is 0. The predicted octanol–water partition coefficient (Wildman–Crippen LogP) is 0.0188. The monoisotopic (exact) mass is 169 g/mol. The van der Waals surface area contributed by atoms with Gasteiger partial charge in [0, 0.05) is 0 Å². The van der Waals surface area contributed by atoms with Crippen molar-refractivity contribution in [1.29, 1.82) is 0 Å². The highest BCUT2D eigenvalue weighted by molar-refractivity contribution is 4.65. The molecule has 0 aliphatic heterocycles. The highest BCUT2D eigenvalue weighted by Gasteiger charge is 2.09. The first-order valence-electron chi connectivity index (χ1n) is 4.29. The van der Waals surface area contributed by atoms with E-state index in [-0.39, 0.29) is 0 Å². The number of hydrogen-bond donors (Lipinski definition) is 0. The molecule has 0 amide bonds. The Hall–Kier alpha value is -0.830. The number of nitrogens with zero attached hydrogens (tertiary/aromatic N) is 3. The van der Waals surface area contributed by atoms with E-state index < -0.39 is 0 Å². The third-order valence-electron chi connectivity index (χ3n) is 1.85. The molecule has 0 fully saturated rings. The van der Waals surface area contributed by atoms with Gasteiger partial charge < -0.3 is 4.48 Å². The van der Waals surface area contributed by atoms with E-state index in [1.165, 1.54) is 0 Å². The summed E-state index contributed by atoms with van der Waals surface area (Å²) >= 11 is 0. The Morgan fingerprint density at radius 1 is 1.33 bits per heavy atom. The van der Waals surface area contributed by atoms with Crippen molar-refractivity contribution >= 4 is 0 Å². The number of rotatable bonds is 3. The van der Waals surface area contributed by atoms with Gasteiger partial charge in [0.25, 0.3) is 0 Å². The van der Waals surface area contributed by atoms with E-state index in [0.29, 0.717) is 0 Å².